The Balaban J connectivity index is 1.60. The van der Waals surface area contributed by atoms with Crippen molar-refractivity contribution in [1.29, 1.82) is 0 Å². The molecule has 2 N–H and O–H groups in total. The number of benzene rings is 2. The lowest BCUT2D eigenvalue weighted by Gasteiger charge is -2.15. The summed E-state index contributed by atoms with van der Waals surface area (Å²) in [6.07, 6.45) is -5.19. The summed E-state index contributed by atoms with van der Waals surface area (Å²) in [5, 5.41) is 4.77. The van der Waals surface area contributed by atoms with E-state index in [0.29, 0.717) is 30.6 Å². The minimum Gasteiger partial charge on any atom is -0.447 e. The number of anilines is 2. The molecule has 0 unspecified atom stereocenters. The fourth-order valence-electron chi connectivity index (χ4n) is 2.67. The molecule has 0 bridgehead atoms. The molecule has 1 fully saturated rings. The van der Waals surface area contributed by atoms with E-state index < -0.39 is 36.2 Å². The molecule has 0 spiro atoms. The van der Waals surface area contributed by atoms with Crippen molar-refractivity contribution in [3.63, 3.8) is 0 Å². The number of amides is 3. The number of carbonyl (C=O) groups excluding carboxylic acids is 2. The van der Waals surface area contributed by atoms with Crippen molar-refractivity contribution in [2.24, 2.45) is 0 Å². The van der Waals surface area contributed by atoms with Crippen LogP contribution in [0.4, 0.5) is 38.5 Å². The van der Waals surface area contributed by atoms with Crippen molar-refractivity contribution in [3.05, 3.63) is 59.4 Å². The SMILES string of the molecule is O=C(NCc1ccc(F)cc1C(F)(F)F)Nc1ccc(N2CCOC2=O)cc1. The highest BCUT2D eigenvalue weighted by Crippen LogP contribution is 2.32. The number of halogens is 4. The number of rotatable bonds is 4. The molecule has 0 saturated carbocycles. The Morgan fingerprint density at radius 2 is 1.86 bits per heavy atom. The number of urea groups is 1. The van der Waals surface area contributed by atoms with Crippen LogP contribution in [-0.4, -0.2) is 25.3 Å². The van der Waals surface area contributed by atoms with E-state index in [-0.39, 0.29) is 5.56 Å². The van der Waals surface area contributed by atoms with E-state index in [1.807, 2.05) is 0 Å². The first-order valence-electron chi connectivity index (χ1n) is 8.19. The Labute approximate surface area is 157 Å². The van der Waals surface area contributed by atoms with Gasteiger partial charge < -0.3 is 15.4 Å². The summed E-state index contributed by atoms with van der Waals surface area (Å²) in [6.45, 7) is 0.286. The largest absolute Gasteiger partial charge is 0.447 e. The highest BCUT2D eigenvalue weighted by molar-refractivity contribution is 5.91. The van der Waals surface area contributed by atoms with Crippen LogP contribution in [0.2, 0.25) is 0 Å². The van der Waals surface area contributed by atoms with Crippen LogP contribution in [0.25, 0.3) is 0 Å². The molecular formula is C18H15F4N3O3. The molecule has 3 rings (SSSR count). The van der Waals surface area contributed by atoms with Crippen LogP contribution in [-0.2, 0) is 17.5 Å². The third-order valence-corrected chi connectivity index (χ3v) is 4.01. The zero-order valence-electron chi connectivity index (χ0n) is 14.3. The van der Waals surface area contributed by atoms with Crippen molar-refractivity contribution >= 4 is 23.5 Å². The van der Waals surface area contributed by atoms with Crippen molar-refractivity contribution in [3.8, 4) is 0 Å². The second-order valence-electron chi connectivity index (χ2n) is 5.92. The maximum Gasteiger partial charge on any atom is 0.416 e. The number of nitrogens with one attached hydrogen (secondary N) is 2. The third kappa shape index (κ3) is 4.51. The summed E-state index contributed by atoms with van der Waals surface area (Å²) in [7, 11) is 0. The normalized spacial score (nSPS) is 14.0. The van der Waals surface area contributed by atoms with E-state index >= 15 is 0 Å². The van der Waals surface area contributed by atoms with Crippen molar-refractivity contribution in [2.45, 2.75) is 12.7 Å². The fraction of sp³-hybridized carbons (Fsp3) is 0.222. The van der Waals surface area contributed by atoms with Gasteiger partial charge in [0.25, 0.3) is 0 Å². The number of ether oxygens (including phenoxy) is 1. The van der Waals surface area contributed by atoms with Gasteiger partial charge in [-0.1, -0.05) is 6.07 Å². The molecule has 0 aliphatic carbocycles. The molecule has 3 amide bonds. The number of nitrogens with zero attached hydrogens (tertiary/aromatic N) is 1. The Kier molecular flexibility index (Phi) is 5.39. The van der Waals surface area contributed by atoms with Crippen LogP contribution in [0.15, 0.2) is 42.5 Å². The second kappa shape index (κ2) is 7.75. The topological polar surface area (TPSA) is 70.7 Å². The summed E-state index contributed by atoms with van der Waals surface area (Å²) < 4.78 is 56.8. The Bertz CT molecular complexity index is 885. The van der Waals surface area contributed by atoms with Gasteiger partial charge in [0.15, 0.2) is 0 Å². The fourth-order valence-corrected chi connectivity index (χ4v) is 2.67. The molecule has 1 saturated heterocycles. The number of hydrogen-bond acceptors (Lipinski definition) is 3. The van der Waals surface area contributed by atoms with E-state index in [1.54, 1.807) is 24.3 Å². The second-order valence-corrected chi connectivity index (χ2v) is 5.92. The van der Waals surface area contributed by atoms with Gasteiger partial charge in [0.1, 0.15) is 12.4 Å². The molecule has 10 heteroatoms. The molecule has 0 aromatic heterocycles. The average molecular weight is 397 g/mol. The van der Waals surface area contributed by atoms with E-state index in [1.165, 1.54) is 4.90 Å². The highest BCUT2D eigenvalue weighted by Gasteiger charge is 2.33. The molecule has 1 aliphatic rings. The van der Waals surface area contributed by atoms with Gasteiger partial charge in [-0.2, -0.15) is 13.2 Å². The monoisotopic (exact) mass is 397 g/mol. The molecule has 28 heavy (non-hydrogen) atoms. The molecule has 1 heterocycles. The maximum atomic E-state index is 13.1. The zero-order chi connectivity index (χ0) is 20.3. The van der Waals surface area contributed by atoms with E-state index in [9.17, 15) is 27.2 Å². The number of carbonyl (C=O) groups is 2. The smallest absolute Gasteiger partial charge is 0.416 e. The van der Waals surface area contributed by atoms with Gasteiger partial charge >= 0.3 is 18.3 Å². The summed E-state index contributed by atoms with van der Waals surface area (Å²) in [4.78, 5) is 24.9. The standard InChI is InChI=1S/C18H15F4N3O3/c19-12-2-1-11(15(9-12)18(20,21)22)10-23-16(26)24-13-3-5-14(6-4-13)25-7-8-28-17(25)27/h1-6,9H,7-8,10H2,(H2,23,24,26). The lowest BCUT2D eigenvalue weighted by Crippen LogP contribution is -2.29. The molecule has 1 aliphatic heterocycles. The predicted octanol–water partition coefficient (Wildman–Crippen LogP) is 4.12. The third-order valence-electron chi connectivity index (χ3n) is 4.01. The van der Waals surface area contributed by atoms with Gasteiger partial charge in [-0.3, -0.25) is 4.90 Å². The van der Waals surface area contributed by atoms with Gasteiger partial charge in [-0.15, -0.1) is 0 Å². The van der Waals surface area contributed by atoms with Crippen LogP contribution in [0.1, 0.15) is 11.1 Å². The quantitative estimate of drug-likeness (QED) is 0.763. The lowest BCUT2D eigenvalue weighted by atomic mass is 10.1. The highest BCUT2D eigenvalue weighted by atomic mass is 19.4. The first kappa shape index (κ1) is 19.5. The minimum absolute atomic E-state index is 0.257. The van der Waals surface area contributed by atoms with Crippen LogP contribution in [0.5, 0.6) is 0 Å². The Morgan fingerprint density at radius 3 is 2.46 bits per heavy atom. The number of hydrogen-bond donors (Lipinski definition) is 2. The van der Waals surface area contributed by atoms with Crippen LogP contribution < -0.4 is 15.5 Å². The van der Waals surface area contributed by atoms with Gasteiger partial charge in [-0.05, 0) is 42.0 Å². The lowest BCUT2D eigenvalue weighted by molar-refractivity contribution is -0.138. The van der Waals surface area contributed by atoms with Gasteiger partial charge in [0.2, 0.25) is 0 Å². The Morgan fingerprint density at radius 1 is 1.14 bits per heavy atom. The first-order valence-corrected chi connectivity index (χ1v) is 8.19. The molecule has 2 aromatic rings. The first-order chi connectivity index (χ1) is 13.2. The van der Waals surface area contributed by atoms with Crippen LogP contribution in [0, 0.1) is 5.82 Å². The molecular weight excluding hydrogens is 382 g/mol. The summed E-state index contributed by atoms with van der Waals surface area (Å²) >= 11 is 0. The zero-order valence-corrected chi connectivity index (χ0v) is 14.3. The molecule has 2 aromatic carbocycles. The van der Waals surface area contributed by atoms with Crippen molar-refractivity contribution < 1.29 is 31.9 Å². The predicted molar refractivity (Wildman–Crippen MR) is 92.4 cm³/mol. The number of alkyl halides is 3. The van der Waals surface area contributed by atoms with Crippen molar-refractivity contribution in [1.82, 2.24) is 5.32 Å². The summed E-state index contributed by atoms with van der Waals surface area (Å²) in [5.41, 5.74) is -0.430. The van der Waals surface area contributed by atoms with E-state index in [2.05, 4.69) is 10.6 Å². The Hall–Kier alpha value is -3.30. The minimum atomic E-state index is -4.73. The van der Waals surface area contributed by atoms with Gasteiger partial charge in [0.05, 0.1) is 12.1 Å². The summed E-state index contributed by atoms with van der Waals surface area (Å²) in [6, 6.07) is 7.81. The molecule has 0 atom stereocenters. The maximum absolute atomic E-state index is 13.1. The molecule has 148 valence electrons. The average Bonchev–Trinajstić information content (AvgIpc) is 3.06. The molecule has 6 nitrogen and oxygen atoms in total. The van der Waals surface area contributed by atoms with E-state index in [0.717, 1.165) is 12.1 Å². The van der Waals surface area contributed by atoms with Gasteiger partial charge in [-0.25, -0.2) is 14.0 Å². The van der Waals surface area contributed by atoms with Crippen LogP contribution >= 0.6 is 0 Å². The van der Waals surface area contributed by atoms with E-state index in [4.69, 9.17) is 4.74 Å². The number of cyclic esters (lactones) is 1. The summed E-state index contributed by atoms with van der Waals surface area (Å²) in [5.74, 6) is -1.01. The molecule has 0 radical (unpaired) electrons. The van der Waals surface area contributed by atoms with Crippen molar-refractivity contribution in [2.75, 3.05) is 23.4 Å². The van der Waals surface area contributed by atoms with Gasteiger partial charge in [0, 0.05) is 17.9 Å². The van der Waals surface area contributed by atoms with Crippen LogP contribution in [0.3, 0.4) is 0 Å².